The van der Waals surface area contributed by atoms with E-state index in [0.29, 0.717) is 24.5 Å². The van der Waals surface area contributed by atoms with Gasteiger partial charge in [-0.15, -0.1) is 5.10 Å². The lowest BCUT2D eigenvalue weighted by Crippen LogP contribution is -2.45. The highest BCUT2D eigenvalue weighted by Crippen LogP contribution is 2.26. The smallest absolute Gasteiger partial charge is 0.277 e. The summed E-state index contributed by atoms with van der Waals surface area (Å²) >= 11 is 0. The molecule has 1 N–H and O–H groups in total. The fourth-order valence-electron chi connectivity index (χ4n) is 3.17. The van der Waals surface area contributed by atoms with E-state index in [0.717, 1.165) is 0 Å². The summed E-state index contributed by atoms with van der Waals surface area (Å²) in [6.07, 6.45) is 1.40. The molecule has 10 heteroatoms. The first-order chi connectivity index (χ1) is 13.7. The number of likely N-dealkylation sites (N-methyl/N-ethyl adjacent to an activating group) is 1. The number of carbonyl (C=O) groups excluding carboxylic acids is 2. The third-order valence-corrected chi connectivity index (χ3v) is 4.53. The van der Waals surface area contributed by atoms with Gasteiger partial charge in [0.25, 0.3) is 5.91 Å². The van der Waals surface area contributed by atoms with Crippen molar-refractivity contribution in [3.05, 3.63) is 35.9 Å². The van der Waals surface area contributed by atoms with Crippen LogP contribution in [0.4, 0.5) is 15.8 Å². The number of hydrogen-bond donors (Lipinski definition) is 1. The molecule has 9 nitrogen and oxygen atoms in total. The van der Waals surface area contributed by atoms with Crippen LogP contribution in [0.25, 0.3) is 0 Å². The number of nitrogens with zero attached hydrogens (tertiary/aromatic N) is 5. The molecule has 29 heavy (non-hydrogen) atoms. The molecule has 0 saturated carbocycles. The fourth-order valence-corrected chi connectivity index (χ4v) is 3.17. The maximum absolute atomic E-state index is 14.7. The summed E-state index contributed by atoms with van der Waals surface area (Å²) in [7, 11) is 3.26. The Balaban J connectivity index is 1.66. The molecule has 2 unspecified atom stereocenters. The van der Waals surface area contributed by atoms with Crippen molar-refractivity contribution in [1.82, 2.24) is 19.9 Å². The van der Waals surface area contributed by atoms with E-state index in [4.69, 9.17) is 4.74 Å². The molecule has 1 aliphatic heterocycles. The number of morpholine rings is 1. The third kappa shape index (κ3) is 5.08. The Morgan fingerprint density at radius 1 is 1.28 bits per heavy atom. The highest BCUT2D eigenvalue weighted by molar-refractivity contribution is 6.02. The van der Waals surface area contributed by atoms with Gasteiger partial charge in [0, 0.05) is 32.9 Å². The number of halogens is 1. The van der Waals surface area contributed by atoms with Crippen molar-refractivity contribution < 1.29 is 18.7 Å². The number of carbonyl (C=O) groups is 2. The molecule has 3 rings (SSSR count). The summed E-state index contributed by atoms with van der Waals surface area (Å²) in [5.74, 6) is -1.13. The van der Waals surface area contributed by atoms with Crippen LogP contribution in [0, 0.1) is 5.82 Å². The Hall–Kier alpha value is -3.01. The Morgan fingerprint density at radius 3 is 2.59 bits per heavy atom. The number of rotatable bonds is 5. The normalized spacial score (nSPS) is 19.1. The average molecular weight is 404 g/mol. The monoisotopic (exact) mass is 404 g/mol. The summed E-state index contributed by atoms with van der Waals surface area (Å²) in [4.78, 5) is 27.4. The van der Waals surface area contributed by atoms with E-state index in [1.807, 2.05) is 18.7 Å². The molecule has 2 atom stereocenters. The fraction of sp³-hybridized carbons (Fsp3) is 0.474. The predicted octanol–water partition coefficient (Wildman–Crippen LogP) is 1.37. The lowest BCUT2D eigenvalue weighted by Gasteiger charge is -2.37. The van der Waals surface area contributed by atoms with Crippen molar-refractivity contribution >= 4 is 23.2 Å². The molecule has 2 amide bonds. The maximum Gasteiger partial charge on any atom is 0.277 e. The topological polar surface area (TPSA) is 92.6 Å². The lowest BCUT2D eigenvalue weighted by molar-refractivity contribution is -0.129. The van der Waals surface area contributed by atoms with Crippen molar-refractivity contribution in [1.29, 1.82) is 0 Å². The van der Waals surface area contributed by atoms with Gasteiger partial charge in [-0.3, -0.25) is 9.59 Å². The van der Waals surface area contributed by atoms with Crippen LogP contribution in [0.15, 0.2) is 24.4 Å². The van der Waals surface area contributed by atoms with E-state index in [1.54, 1.807) is 26.2 Å². The second kappa shape index (κ2) is 8.56. The van der Waals surface area contributed by atoms with E-state index in [-0.39, 0.29) is 30.4 Å². The predicted molar refractivity (Wildman–Crippen MR) is 105 cm³/mol. The number of amides is 2. The number of benzene rings is 1. The van der Waals surface area contributed by atoms with Gasteiger partial charge in [-0.25, -0.2) is 9.07 Å². The van der Waals surface area contributed by atoms with Gasteiger partial charge < -0.3 is 19.9 Å². The summed E-state index contributed by atoms with van der Waals surface area (Å²) < 4.78 is 21.6. The largest absolute Gasteiger partial charge is 0.372 e. The van der Waals surface area contributed by atoms with Crippen LogP contribution in [0.3, 0.4) is 0 Å². The summed E-state index contributed by atoms with van der Waals surface area (Å²) in [6, 6.07) is 4.56. The van der Waals surface area contributed by atoms with Crippen LogP contribution in [0.5, 0.6) is 0 Å². The van der Waals surface area contributed by atoms with Gasteiger partial charge in [0.15, 0.2) is 5.69 Å². The Kier molecular flexibility index (Phi) is 6.12. The first kappa shape index (κ1) is 20.7. The molecule has 156 valence electrons. The first-order valence-corrected chi connectivity index (χ1v) is 9.34. The van der Waals surface area contributed by atoms with Gasteiger partial charge in [0.2, 0.25) is 5.91 Å². The second-order valence-corrected chi connectivity index (χ2v) is 7.37. The second-order valence-electron chi connectivity index (χ2n) is 7.37. The minimum absolute atomic E-state index is 0.0134. The van der Waals surface area contributed by atoms with E-state index in [2.05, 4.69) is 15.6 Å². The molecule has 0 bridgehead atoms. The summed E-state index contributed by atoms with van der Waals surface area (Å²) in [5.41, 5.74) is 0.819. The van der Waals surface area contributed by atoms with E-state index >= 15 is 0 Å². The Morgan fingerprint density at radius 2 is 1.97 bits per heavy atom. The Bertz CT molecular complexity index is 890. The molecule has 0 radical (unpaired) electrons. The van der Waals surface area contributed by atoms with E-state index in [9.17, 15) is 14.0 Å². The first-order valence-electron chi connectivity index (χ1n) is 9.34. The number of ether oxygens (including phenoxy) is 1. The molecule has 1 fully saturated rings. The molecule has 2 heterocycles. The number of anilines is 2. The number of hydrogen-bond acceptors (Lipinski definition) is 6. The zero-order valence-electron chi connectivity index (χ0n) is 16.9. The zero-order chi connectivity index (χ0) is 21.1. The van der Waals surface area contributed by atoms with Gasteiger partial charge >= 0.3 is 0 Å². The minimum Gasteiger partial charge on any atom is -0.372 e. The zero-order valence-corrected chi connectivity index (χ0v) is 16.9. The highest BCUT2D eigenvalue weighted by atomic mass is 19.1. The van der Waals surface area contributed by atoms with Gasteiger partial charge in [-0.2, -0.15) is 0 Å². The van der Waals surface area contributed by atoms with Crippen LogP contribution in [-0.2, 0) is 16.1 Å². The third-order valence-electron chi connectivity index (χ3n) is 4.53. The maximum atomic E-state index is 14.7. The quantitative estimate of drug-likeness (QED) is 0.809. The molecular weight excluding hydrogens is 379 g/mol. The van der Waals surface area contributed by atoms with Crippen molar-refractivity contribution in [2.24, 2.45) is 0 Å². The Labute approximate surface area is 168 Å². The van der Waals surface area contributed by atoms with Gasteiger partial charge in [0.1, 0.15) is 12.4 Å². The van der Waals surface area contributed by atoms with Gasteiger partial charge in [-0.05, 0) is 32.0 Å². The standard InChI is InChI=1S/C19H25FN6O3/c1-12-8-25(9-13(2)29-12)17-6-5-14(7-15(17)20)21-19(28)16-10-26(23-22-16)11-18(27)24(3)4/h5-7,10,12-13H,8-9,11H2,1-4H3,(H,21,28). The molecule has 1 saturated heterocycles. The highest BCUT2D eigenvalue weighted by Gasteiger charge is 2.24. The van der Waals surface area contributed by atoms with E-state index < -0.39 is 11.7 Å². The molecule has 1 aliphatic rings. The molecule has 0 aliphatic carbocycles. The van der Waals surface area contributed by atoms with Crippen molar-refractivity contribution in [2.45, 2.75) is 32.6 Å². The summed E-state index contributed by atoms with van der Waals surface area (Å²) in [6.45, 7) is 5.08. The molecule has 0 spiro atoms. The van der Waals surface area contributed by atoms with Crippen LogP contribution >= 0.6 is 0 Å². The van der Waals surface area contributed by atoms with Crippen LogP contribution < -0.4 is 10.2 Å². The van der Waals surface area contributed by atoms with Gasteiger partial charge in [0.05, 0.1) is 24.1 Å². The average Bonchev–Trinajstić information content (AvgIpc) is 3.09. The van der Waals surface area contributed by atoms with Crippen molar-refractivity contribution in [3.63, 3.8) is 0 Å². The number of nitrogens with one attached hydrogen (secondary N) is 1. The van der Waals surface area contributed by atoms with Crippen LogP contribution in [0.1, 0.15) is 24.3 Å². The SMILES string of the molecule is CC1CN(c2ccc(NC(=O)c3cn(CC(=O)N(C)C)nn3)cc2F)CC(C)O1. The van der Waals surface area contributed by atoms with Crippen LogP contribution in [-0.4, -0.2) is 71.1 Å². The van der Waals surface area contributed by atoms with Crippen LogP contribution in [0.2, 0.25) is 0 Å². The summed E-state index contributed by atoms with van der Waals surface area (Å²) in [5, 5.41) is 10.1. The lowest BCUT2D eigenvalue weighted by atomic mass is 10.2. The number of aromatic nitrogens is 3. The molecule has 2 aromatic rings. The molecular formula is C19H25FN6O3. The van der Waals surface area contributed by atoms with Crippen molar-refractivity contribution in [2.75, 3.05) is 37.4 Å². The van der Waals surface area contributed by atoms with E-state index in [1.165, 1.54) is 21.8 Å². The molecule has 1 aromatic heterocycles. The minimum atomic E-state index is -0.533. The van der Waals surface area contributed by atoms with Crippen molar-refractivity contribution in [3.8, 4) is 0 Å². The van der Waals surface area contributed by atoms with Gasteiger partial charge in [-0.1, -0.05) is 5.21 Å². The molecule has 1 aromatic carbocycles.